The molecule has 7 heteroatoms. The lowest BCUT2D eigenvalue weighted by Gasteiger charge is -2.43. The molecule has 0 radical (unpaired) electrons. The second kappa shape index (κ2) is 8.91. The molecule has 2 aromatic carbocycles. The number of carbonyl (C=O) groups excluding carboxylic acids is 1. The monoisotopic (exact) mass is 437 g/mol. The molecule has 0 unspecified atom stereocenters. The van der Waals surface area contributed by atoms with E-state index >= 15 is 0 Å². The fourth-order valence-corrected chi connectivity index (χ4v) is 5.37. The van der Waals surface area contributed by atoms with Gasteiger partial charge in [-0.3, -0.25) is 4.79 Å². The smallest absolute Gasteiger partial charge is 0.238 e. The van der Waals surface area contributed by atoms with Crippen LogP contribution in [-0.4, -0.2) is 26.3 Å². The topological polar surface area (TPSA) is 113 Å². The minimum absolute atomic E-state index is 0.0777. The molecule has 1 aliphatic carbocycles. The van der Waals surface area contributed by atoms with Gasteiger partial charge in [0, 0.05) is 12.5 Å². The van der Waals surface area contributed by atoms with E-state index in [1.54, 1.807) is 12.1 Å². The van der Waals surface area contributed by atoms with Crippen molar-refractivity contribution in [3.8, 4) is 17.2 Å². The third-order valence-electron chi connectivity index (χ3n) is 6.59. The number of ketones is 1. The van der Waals surface area contributed by atoms with Crippen molar-refractivity contribution < 1.29 is 13.2 Å². The number of primary sulfonamides is 1. The number of piperidine rings is 2. The van der Waals surface area contributed by atoms with Gasteiger partial charge < -0.3 is 5.32 Å². The summed E-state index contributed by atoms with van der Waals surface area (Å²) < 4.78 is 22.8. The molecule has 0 aromatic heterocycles. The highest BCUT2D eigenvalue weighted by Crippen LogP contribution is 2.34. The first-order chi connectivity index (χ1) is 14.8. The molecular formula is C24H27N3O3S. The van der Waals surface area contributed by atoms with Crippen molar-refractivity contribution in [3.63, 3.8) is 0 Å². The van der Waals surface area contributed by atoms with Gasteiger partial charge in [0.2, 0.25) is 10.0 Å². The summed E-state index contributed by atoms with van der Waals surface area (Å²) in [4.78, 5) is 12.9. The fraction of sp³-hybridized carbons (Fsp3) is 0.417. The molecule has 31 heavy (non-hydrogen) atoms. The average Bonchev–Trinajstić information content (AvgIpc) is 2.79. The highest BCUT2D eigenvalue weighted by Gasteiger charge is 2.39. The van der Waals surface area contributed by atoms with E-state index in [4.69, 9.17) is 5.14 Å². The molecular weight excluding hydrogens is 410 g/mol. The third-order valence-corrected chi connectivity index (χ3v) is 7.52. The Balaban J connectivity index is 1.38. The van der Waals surface area contributed by atoms with Crippen LogP contribution < -0.4 is 10.5 Å². The van der Waals surface area contributed by atoms with Crippen LogP contribution in [0.2, 0.25) is 0 Å². The maximum absolute atomic E-state index is 12.8. The number of nitrogens with one attached hydrogen (secondary N) is 1. The van der Waals surface area contributed by atoms with Crippen molar-refractivity contribution in [2.24, 2.45) is 17.0 Å². The van der Waals surface area contributed by atoms with Gasteiger partial charge in [0.1, 0.15) is 0 Å². The zero-order chi connectivity index (χ0) is 22.0. The largest absolute Gasteiger partial charge is 0.304 e. The average molecular weight is 438 g/mol. The third kappa shape index (κ3) is 5.04. The summed E-state index contributed by atoms with van der Waals surface area (Å²) in [5.74, 6) is 0.263. The molecule has 5 rings (SSSR count). The summed E-state index contributed by atoms with van der Waals surface area (Å²) in [6.45, 7) is 0. The van der Waals surface area contributed by atoms with Crippen LogP contribution in [0.5, 0.6) is 0 Å². The highest BCUT2D eigenvalue weighted by molar-refractivity contribution is 7.89. The lowest BCUT2D eigenvalue weighted by atomic mass is 9.74. The van der Waals surface area contributed by atoms with Gasteiger partial charge in [-0.1, -0.05) is 36.4 Å². The van der Waals surface area contributed by atoms with E-state index < -0.39 is 10.0 Å². The van der Waals surface area contributed by atoms with E-state index in [9.17, 15) is 18.5 Å². The van der Waals surface area contributed by atoms with E-state index in [2.05, 4.69) is 11.4 Å². The summed E-state index contributed by atoms with van der Waals surface area (Å²) in [6.07, 6.45) is 5.37. The van der Waals surface area contributed by atoms with Crippen LogP contribution in [0.25, 0.3) is 11.1 Å². The summed E-state index contributed by atoms with van der Waals surface area (Å²) >= 11 is 0. The van der Waals surface area contributed by atoms with E-state index in [-0.39, 0.29) is 29.1 Å². The minimum Gasteiger partial charge on any atom is -0.304 e. The number of fused-ring (bicyclic) bond motifs is 3. The van der Waals surface area contributed by atoms with Gasteiger partial charge in [-0.15, -0.1) is 0 Å². The normalized spacial score (nSPS) is 23.8. The van der Waals surface area contributed by atoms with E-state index in [0.29, 0.717) is 18.4 Å². The standard InChI is InChI=1S/C24H27N3O3S/c25-15-17(14-23(28)24-20-5-9-21(27-24)10-6-20)13-16-1-3-18(4-2-16)19-7-11-22(12-8-19)31(26,29)30/h1-4,7-8,11-12,17,20-21,24,27H,5-6,9-10,13-14H2,(H2,26,29,30)/t17-,20?,21?,24+/m1/s1. The number of nitriles is 1. The molecule has 0 spiro atoms. The predicted octanol–water partition coefficient (Wildman–Crippen LogP) is 3.17. The molecule has 3 aliphatic rings. The Morgan fingerprint density at radius 2 is 1.61 bits per heavy atom. The molecule has 2 atom stereocenters. The molecule has 2 aromatic rings. The second-order valence-electron chi connectivity index (χ2n) is 8.72. The zero-order valence-electron chi connectivity index (χ0n) is 17.3. The molecule has 3 N–H and O–H groups in total. The van der Waals surface area contributed by atoms with E-state index in [0.717, 1.165) is 42.4 Å². The molecule has 2 bridgehead atoms. The van der Waals surface area contributed by atoms with Crippen molar-refractivity contribution in [1.82, 2.24) is 5.32 Å². The Kier molecular flexibility index (Phi) is 6.24. The molecule has 2 aliphatic heterocycles. The zero-order valence-corrected chi connectivity index (χ0v) is 18.1. The highest BCUT2D eigenvalue weighted by atomic mass is 32.2. The summed E-state index contributed by atoms with van der Waals surface area (Å²) in [7, 11) is -3.71. The number of hydrogen-bond donors (Lipinski definition) is 2. The van der Waals surface area contributed by atoms with Gasteiger partial charge >= 0.3 is 0 Å². The summed E-state index contributed by atoms with van der Waals surface area (Å²) in [6, 6.07) is 16.9. The van der Waals surface area contributed by atoms with Crippen LogP contribution in [-0.2, 0) is 21.2 Å². The number of rotatable bonds is 7. The number of nitrogens with zero attached hydrogens (tertiary/aromatic N) is 1. The SMILES string of the molecule is N#C[C@@H](CC(=O)[C@H]1NC2CCC1CC2)Cc1ccc(-c2ccc(S(N)(=O)=O)cc2)cc1. The summed E-state index contributed by atoms with van der Waals surface area (Å²) in [5, 5.41) is 18.2. The maximum Gasteiger partial charge on any atom is 0.238 e. The molecule has 6 nitrogen and oxygen atoms in total. The van der Waals surface area contributed by atoms with Crippen molar-refractivity contribution in [1.29, 1.82) is 5.26 Å². The Labute approximate surface area is 183 Å². The lowest BCUT2D eigenvalue weighted by molar-refractivity contribution is -0.125. The van der Waals surface area contributed by atoms with E-state index in [1.165, 1.54) is 12.1 Å². The predicted molar refractivity (Wildman–Crippen MR) is 118 cm³/mol. The first kappa shape index (κ1) is 21.7. The number of hydrogen-bond acceptors (Lipinski definition) is 5. The van der Waals surface area contributed by atoms with E-state index in [1.807, 2.05) is 24.3 Å². The van der Waals surface area contributed by atoms with Gasteiger partial charge in [-0.25, -0.2) is 13.6 Å². The number of nitrogens with two attached hydrogens (primary N) is 1. The Morgan fingerprint density at radius 1 is 1.03 bits per heavy atom. The van der Waals surface area contributed by atoms with Crippen LogP contribution >= 0.6 is 0 Å². The van der Waals surface area contributed by atoms with Crippen LogP contribution in [0.1, 0.15) is 37.7 Å². The van der Waals surface area contributed by atoms with Crippen molar-refractivity contribution >= 4 is 15.8 Å². The van der Waals surface area contributed by atoms with Gasteiger partial charge in [-0.2, -0.15) is 5.26 Å². The molecule has 2 saturated heterocycles. The maximum atomic E-state index is 12.8. The van der Waals surface area contributed by atoms with Gasteiger partial charge in [0.05, 0.1) is 22.9 Å². The number of benzene rings is 2. The van der Waals surface area contributed by atoms with Crippen LogP contribution in [0.3, 0.4) is 0 Å². The first-order valence-corrected chi connectivity index (χ1v) is 12.3. The molecule has 1 saturated carbocycles. The minimum atomic E-state index is -3.71. The first-order valence-electron chi connectivity index (χ1n) is 10.7. The van der Waals surface area contributed by atoms with Gasteiger partial charge in [-0.05, 0) is 66.8 Å². The fourth-order valence-electron chi connectivity index (χ4n) is 4.85. The van der Waals surface area contributed by atoms with Gasteiger partial charge in [0.25, 0.3) is 0 Å². The van der Waals surface area contributed by atoms with Crippen LogP contribution in [0.15, 0.2) is 53.4 Å². The molecule has 0 amide bonds. The molecule has 3 fully saturated rings. The quantitative estimate of drug-likeness (QED) is 0.691. The second-order valence-corrected chi connectivity index (χ2v) is 10.3. The number of sulfonamides is 1. The molecule has 162 valence electrons. The number of Topliss-reactive ketones (excluding diaryl/α,β-unsaturated/α-hetero) is 1. The van der Waals surface area contributed by atoms with Gasteiger partial charge in [0.15, 0.2) is 5.78 Å². The van der Waals surface area contributed by atoms with Crippen molar-refractivity contribution in [2.75, 3.05) is 0 Å². The van der Waals surface area contributed by atoms with Crippen molar-refractivity contribution in [3.05, 3.63) is 54.1 Å². The van der Waals surface area contributed by atoms with Crippen LogP contribution in [0, 0.1) is 23.2 Å². The summed E-state index contributed by atoms with van der Waals surface area (Å²) in [5.41, 5.74) is 2.82. The number of carbonyl (C=O) groups is 1. The Hall–Kier alpha value is -2.53. The molecule has 2 heterocycles. The Morgan fingerprint density at radius 3 is 2.10 bits per heavy atom. The van der Waals surface area contributed by atoms with Crippen LogP contribution in [0.4, 0.5) is 0 Å². The lowest BCUT2D eigenvalue weighted by Crippen LogP contribution is -2.56. The Bertz CT molecular complexity index is 1080. The van der Waals surface area contributed by atoms with Crippen molar-refractivity contribution in [2.45, 2.75) is 55.5 Å².